The molecule has 1 atom stereocenters. The Labute approximate surface area is 108 Å². The van der Waals surface area contributed by atoms with Crippen LogP contribution in [0.2, 0.25) is 0 Å². The van der Waals surface area contributed by atoms with Gasteiger partial charge in [-0.25, -0.2) is 4.79 Å². The molecule has 1 saturated heterocycles. The first-order valence-corrected chi connectivity index (χ1v) is 6.89. The average Bonchev–Trinajstić information content (AvgIpc) is 2.34. The number of esters is 1. The third kappa shape index (κ3) is 3.02. The number of amides is 1. The molecular weight excluding hydrogens is 232 g/mol. The van der Waals surface area contributed by atoms with Crippen molar-refractivity contribution < 1.29 is 14.3 Å². The molecule has 2 rings (SSSR count). The third-order valence-electron chi connectivity index (χ3n) is 3.81. The quantitative estimate of drug-likeness (QED) is 0.744. The fraction of sp³-hybridized carbons (Fsp3) is 0.846. The van der Waals surface area contributed by atoms with Crippen LogP contribution in [0, 0.1) is 5.92 Å². The van der Waals surface area contributed by atoms with Gasteiger partial charge in [0.1, 0.15) is 6.04 Å². The molecule has 1 heterocycles. The minimum absolute atomic E-state index is 0.110. The van der Waals surface area contributed by atoms with Gasteiger partial charge in [0, 0.05) is 26.1 Å². The van der Waals surface area contributed by atoms with Crippen molar-refractivity contribution >= 4 is 11.9 Å². The molecule has 2 fully saturated rings. The maximum Gasteiger partial charge on any atom is 0.330 e. The first-order chi connectivity index (χ1) is 8.72. The minimum atomic E-state index is -0.439. The molecule has 1 aliphatic heterocycles. The number of hydrogen-bond acceptors (Lipinski definition) is 4. The average molecular weight is 254 g/mol. The summed E-state index contributed by atoms with van der Waals surface area (Å²) in [5.74, 6) is 0.362. The van der Waals surface area contributed by atoms with E-state index in [9.17, 15) is 9.59 Å². The lowest BCUT2D eigenvalue weighted by atomic mass is 9.82. The Morgan fingerprint density at radius 3 is 2.78 bits per heavy atom. The van der Waals surface area contributed by atoms with E-state index in [4.69, 9.17) is 4.74 Å². The smallest absolute Gasteiger partial charge is 0.330 e. The fourth-order valence-corrected chi connectivity index (χ4v) is 2.51. The molecule has 18 heavy (non-hydrogen) atoms. The van der Waals surface area contributed by atoms with Gasteiger partial charge in [0.2, 0.25) is 5.91 Å². The summed E-state index contributed by atoms with van der Waals surface area (Å²) >= 11 is 0. The molecule has 5 heteroatoms. The lowest BCUT2D eigenvalue weighted by Gasteiger charge is -2.36. The molecule has 0 spiro atoms. The minimum Gasteiger partial charge on any atom is -0.464 e. The van der Waals surface area contributed by atoms with Gasteiger partial charge in [-0.2, -0.15) is 0 Å². The standard InChI is InChI=1S/C13H22N2O3/c1-2-18-13(17)11-9-14-6-7-15(11)12(16)8-10-4-3-5-10/h10-11,14H,2-9H2,1H3. The molecule has 0 radical (unpaired) electrons. The van der Waals surface area contributed by atoms with E-state index in [1.54, 1.807) is 11.8 Å². The lowest BCUT2D eigenvalue weighted by molar-refractivity contribution is -0.156. The number of rotatable bonds is 4. The van der Waals surface area contributed by atoms with Gasteiger partial charge in [0.05, 0.1) is 6.61 Å². The summed E-state index contributed by atoms with van der Waals surface area (Å²) in [6.45, 7) is 4.02. The maximum atomic E-state index is 12.2. The second-order valence-corrected chi connectivity index (χ2v) is 5.06. The number of nitrogens with zero attached hydrogens (tertiary/aromatic N) is 1. The van der Waals surface area contributed by atoms with Gasteiger partial charge in [-0.3, -0.25) is 4.79 Å². The van der Waals surface area contributed by atoms with E-state index in [0.717, 1.165) is 19.4 Å². The second kappa shape index (κ2) is 6.18. The number of ether oxygens (including phenoxy) is 1. The Kier molecular flexibility index (Phi) is 4.58. The SMILES string of the molecule is CCOC(=O)C1CNCCN1C(=O)CC1CCC1. The summed E-state index contributed by atoms with van der Waals surface area (Å²) in [6.07, 6.45) is 4.14. The van der Waals surface area contributed by atoms with Gasteiger partial charge >= 0.3 is 5.97 Å². The van der Waals surface area contributed by atoms with E-state index in [1.165, 1.54) is 6.42 Å². The zero-order chi connectivity index (χ0) is 13.0. The predicted octanol–water partition coefficient (Wildman–Crippen LogP) is 0.540. The molecule has 0 aromatic carbocycles. The number of hydrogen-bond donors (Lipinski definition) is 1. The van der Waals surface area contributed by atoms with Gasteiger partial charge in [-0.05, 0) is 25.7 Å². The highest BCUT2D eigenvalue weighted by Gasteiger charge is 2.34. The summed E-state index contributed by atoms with van der Waals surface area (Å²) in [5, 5.41) is 3.15. The highest BCUT2D eigenvalue weighted by molar-refractivity contribution is 5.85. The Balaban J connectivity index is 1.93. The van der Waals surface area contributed by atoms with E-state index in [1.807, 2.05) is 0 Å². The van der Waals surface area contributed by atoms with Crippen molar-refractivity contribution in [1.82, 2.24) is 10.2 Å². The van der Waals surface area contributed by atoms with Gasteiger partial charge in [-0.1, -0.05) is 6.42 Å². The van der Waals surface area contributed by atoms with Crippen LogP contribution in [-0.2, 0) is 14.3 Å². The number of carbonyl (C=O) groups is 2. The van der Waals surface area contributed by atoms with E-state index in [-0.39, 0.29) is 11.9 Å². The van der Waals surface area contributed by atoms with Gasteiger partial charge < -0.3 is 15.0 Å². The summed E-state index contributed by atoms with van der Waals surface area (Å²) < 4.78 is 5.03. The fourth-order valence-electron chi connectivity index (χ4n) is 2.51. The number of piperazine rings is 1. The molecule has 1 amide bonds. The lowest BCUT2D eigenvalue weighted by Crippen LogP contribution is -2.57. The number of carbonyl (C=O) groups excluding carboxylic acids is 2. The highest BCUT2D eigenvalue weighted by atomic mass is 16.5. The molecule has 1 aliphatic carbocycles. The first-order valence-electron chi connectivity index (χ1n) is 6.89. The summed E-state index contributed by atoms with van der Waals surface area (Å²) in [5.41, 5.74) is 0. The van der Waals surface area contributed by atoms with E-state index in [2.05, 4.69) is 5.32 Å². The van der Waals surface area contributed by atoms with Gasteiger partial charge in [-0.15, -0.1) is 0 Å². The monoisotopic (exact) mass is 254 g/mol. The van der Waals surface area contributed by atoms with Crippen LogP contribution in [0.25, 0.3) is 0 Å². The molecule has 5 nitrogen and oxygen atoms in total. The van der Waals surface area contributed by atoms with Crippen molar-refractivity contribution in [3.63, 3.8) is 0 Å². The maximum absolute atomic E-state index is 12.2. The van der Waals surface area contributed by atoms with Crippen molar-refractivity contribution in [3.05, 3.63) is 0 Å². The van der Waals surface area contributed by atoms with Crippen molar-refractivity contribution in [2.45, 2.75) is 38.6 Å². The molecule has 2 aliphatic rings. The van der Waals surface area contributed by atoms with Crippen LogP contribution in [0.15, 0.2) is 0 Å². The Bertz CT molecular complexity index is 315. The number of nitrogens with one attached hydrogen (secondary N) is 1. The Hall–Kier alpha value is -1.10. The van der Waals surface area contributed by atoms with E-state index >= 15 is 0 Å². The molecule has 1 N–H and O–H groups in total. The third-order valence-corrected chi connectivity index (χ3v) is 3.81. The molecule has 0 aromatic heterocycles. The highest BCUT2D eigenvalue weighted by Crippen LogP contribution is 2.30. The molecule has 0 aromatic rings. The van der Waals surface area contributed by atoms with Crippen molar-refractivity contribution in [3.8, 4) is 0 Å². The largest absolute Gasteiger partial charge is 0.464 e. The molecule has 102 valence electrons. The summed E-state index contributed by atoms with van der Waals surface area (Å²) in [6, 6.07) is -0.439. The molecule has 1 saturated carbocycles. The predicted molar refractivity (Wildman–Crippen MR) is 67.0 cm³/mol. The second-order valence-electron chi connectivity index (χ2n) is 5.06. The molecule has 1 unspecified atom stereocenters. The normalized spacial score (nSPS) is 24.5. The van der Waals surface area contributed by atoms with Crippen molar-refractivity contribution in [2.75, 3.05) is 26.2 Å². The van der Waals surface area contributed by atoms with E-state index < -0.39 is 6.04 Å². The Morgan fingerprint density at radius 2 is 2.17 bits per heavy atom. The molecule has 0 bridgehead atoms. The van der Waals surface area contributed by atoms with Crippen LogP contribution in [0.4, 0.5) is 0 Å². The van der Waals surface area contributed by atoms with Gasteiger partial charge in [0.15, 0.2) is 0 Å². The Morgan fingerprint density at radius 1 is 1.39 bits per heavy atom. The van der Waals surface area contributed by atoms with Crippen molar-refractivity contribution in [2.24, 2.45) is 5.92 Å². The first kappa shape index (κ1) is 13.3. The van der Waals surface area contributed by atoms with Crippen LogP contribution in [0.5, 0.6) is 0 Å². The zero-order valence-corrected chi connectivity index (χ0v) is 11.0. The van der Waals surface area contributed by atoms with Crippen LogP contribution >= 0.6 is 0 Å². The van der Waals surface area contributed by atoms with E-state index in [0.29, 0.717) is 32.0 Å². The van der Waals surface area contributed by atoms with Crippen LogP contribution in [0.1, 0.15) is 32.6 Å². The zero-order valence-electron chi connectivity index (χ0n) is 11.0. The van der Waals surface area contributed by atoms with Crippen LogP contribution in [-0.4, -0.2) is 49.1 Å². The summed E-state index contributed by atoms with van der Waals surface area (Å²) in [4.78, 5) is 25.7. The topological polar surface area (TPSA) is 58.6 Å². The van der Waals surface area contributed by atoms with Crippen LogP contribution in [0.3, 0.4) is 0 Å². The summed E-state index contributed by atoms with van der Waals surface area (Å²) in [7, 11) is 0. The molecular formula is C13H22N2O3. The van der Waals surface area contributed by atoms with Crippen molar-refractivity contribution in [1.29, 1.82) is 0 Å². The van der Waals surface area contributed by atoms with Crippen LogP contribution < -0.4 is 5.32 Å². The van der Waals surface area contributed by atoms with Gasteiger partial charge in [0.25, 0.3) is 0 Å².